The maximum atomic E-state index is 12.3. The lowest BCUT2D eigenvalue weighted by atomic mass is 10.1. The summed E-state index contributed by atoms with van der Waals surface area (Å²) in [6, 6.07) is 15.0. The fraction of sp³-hybridized carbons (Fsp3) is 0.176. The van der Waals surface area contributed by atoms with E-state index >= 15 is 0 Å². The highest BCUT2D eigenvalue weighted by Crippen LogP contribution is 2.24. The topological polar surface area (TPSA) is 58.2 Å². The monoisotopic (exact) mass is 280 g/mol. The Morgan fingerprint density at radius 3 is 2.71 bits per heavy atom. The number of anilines is 1. The zero-order valence-corrected chi connectivity index (χ0v) is 11.7. The molecule has 1 unspecified atom stereocenters. The Labute approximate surface area is 123 Å². The van der Waals surface area contributed by atoms with Crippen molar-refractivity contribution in [1.82, 2.24) is 5.32 Å². The predicted octanol–water partition coefficient (Wildman–Crippen LogP) is 2.67. The fourth-order valence-corrected chi connectivity index (χ4v) is 2.48. The molecule has 0 aliphatic carbocycles. The highest BCUT2D eigenvalue weighted by molar-refractivity contribution is 6.01. The van der Waals surface area contributed by atoms with E-state index in [1.165, 1.54) is 0 Å². The average Bonchev–Trinajstić information content (AvgIpc) is 2.87. The first-order chi connectivity index (χ1) is 10.1. The summed E-state index contributed by atoms with van der Waals surface area (Å²) in [6.45, 7) is 1.95. The van der Waals surface area contributed by atoms with Crippen molar-refractivity contribution in [2.24, 2.45) is 0 Å². The summed E-state index contributed by atoms with van der Waals surface area (Å²) >= 11 is 0. The molecule has 21 heavy (non-hydrogen) atoms. The zero-order chi connectivity index (χ0) is 14.8. The number of benzene rings is 2. The van der Waals surface area contributed by atoms with Crippen LogP contribution in [0, 0.1) is 0 Å². The van der Waals surface area contributed by atoms with Gasteiger partial charge in [0, 0.05) is 11.3 Å². The zero-order valence-electron chi connectivity index (χ0n) is 11.7. The van der Waals surface area contributed by atoms with Gasteiger partial charge in [0.1, 0.15) is 0 Å². The molecule has 2 N–H and O–H groups in total. The molecule has 1 aliphatic rings. The largest absolute Gasteiger partial charge is 0.346 e. The summed E-state index contributed by atoms with van der Waals surface area (Å²) < 4.78 is 0. The SMILES string of the molecule is CC(NC(=O)c1ccc2c(c1)CC(=O)N2)c1ccccc1. The van der Waals surface area contributed by atoms with Crippen molar-refractivity contribution in [3.63, 3.8) is 0 Å². The Kier molecular flexibility index (Phi) is 3.44. The normalized spacial score (nSPS) is 14.2. The number of carbonyl (C=O) groups excluding carboxylic acids is 2. The molecular formula is C17H16N2O2. The van der Waals surface area contributed by atoms with Crippen LogP contribution in [0.15, 0.2) is 48.5 Å². The first-order valence-electron chi connectivity index (χ1n) is 6.92. The number of hydrogen-bond donors (Lipinski definition) is 2. The molecule has 0 bridgehead atoms. The second-order valence-corrected chi connectivity index (χ2v) is 5.20. The Bertz CT molecular complexity index is 695. The quantitative estimate of drug-likeness (QED) is 0.908. The molecule has 4 heteroatoms. The Balaban J connectivity index is 1.74. The predicted molar refractivity (Wildman–Crippen MR) is 81.1 cm³/mol. The van der Waals surface area contributed by atoms with E-state index in [-0.39, 0.29) is 17.9 Å². The molecule has 0 spiro atoms. The summed E-state index contributed by atoms with van der Waals surface area (Å²) in [5.41, 5.74) is 3.31. The summed E-state index contributed by atoms with van der Waals surface area (Å²) in [5.74, 6) is -0.159. The number of carbonyl (C=O) groups is 2. The van der Waals surface area contributed by atoms with E-state index < -0.39 is 0 Å². The molecule has 0 saturated heterocycles. The number of nitrogens with one attached hydrogen (secondary N) is 2. The number of amides is 2. The van der Waals surface area contributed by atoms with E-state index in [2.05, 4.69) is 10.6 Å². The van der Waals surface area contributed by atoms with Crippen molar-refractivity contribution >= 4 is 17.5 Å². The molecule has 2 aromatic rings. The van der Waals surface area contributed by atoms with Crippen LogP contribution >= 0.6 is 0 Å². The molecule has 0 radical (unpaired) electrons. The van der Waals surface area contributed by atoms with Gasteiger partial charge in [0.25, 0.3) is 5.91 Å². The average molecular weight is 280 g/mol. The molecule has 0 fully saturated rings. The third kappa shape index (κ3) is 2.79. The minimum atomic E-state index is -0.131. The van der Waals surface area contributed by atoms with Crippen molar-refractivity contribution in [2.75, 3.05) is 5.32 Å². The van der Waals surface area contributed by atoms with Crippen LogP contribution in [0.25, 0.3) is 0 Å². The number of hydrogen-bond acceptors (Lipinski definition) is 2. The van der Waals surface area contributed by atoms with E-state index in [4.69, 9.17) is 0 Å². The van der Waals surface area contributed by atoms with Crippen molar-refractivity contribution in [3.05, 3.63) is 65.2 Å². The maximum Gasteiger partial charge on any atom is 0.251 e. The Morgan fingerprint density at radius 1 is 1.19 bits per heavy atom. The van der Waals surface area contributed by atoms with Crippen molar-refractivity contribution in [2.45, 2.75) is 19.4 Å². The lowest BCUT2D eigenvalue weighted by molar-refractivity contribution is -0.115. The molecule has 0 aromatic heterocycles. The second kappa shape index (κ2) is 5.40. The minimum Gasteiger partial charge on any atom is -0.346 e. The van der Waals surface area contributed by atoms with Gasteiger partial charge in [0.15, 0.2) is 0 Å². The van der Waals surface area contributed by atoms with Crippen LogP contribution in [0.1, 0.15) is 34.5 Å². The summed E-state index contributed by atoms with van der Waals surface area (Å²) in [6.07, 6.45) is 0.338. The summed E-state index contributed by atoms with van der Waals surface area (Å²) in [4.78, 5) is 23.6. The molecule has 2 amide bonds. The van der Waals surface area contributed by atoms with Crippen LogP contribution in [0.5, 0.6) is 0 Å². The first kappa shape index (κ1) is 13.4. The minimum absolute atomic E-state index is 0.0276. The van der Waals surface area contributed by atoms with Gasteiger partial charge in [0.2, 0.25) is 5.91 Å². The van der Waals surface area contributed by atoms with Gasteiger partial charge in [0.05, 0.1) is 12.5 Å². The van der Waals surface area contributed by atoms with Gasteiger partial charge in [-0.25, -0.2) is 0 Å². The van der Waals surface area contributed by atoms with Crippen LogP contribution in [-0.2, 0) is 11.2 Å². The number of fused-ring (bicyclic) bond motifs is 1. The van der Waals surface area contributed by atoms with Gasteiger partial charge in [-0.05, 0) is 36.2 Å². The highest BCUT2D eigenvalue weighted by Gasteiger charge is 2.19. The van der Waals surface area contributed by atoms with Crippen molar-refractivity contribution in [3.8, 4) is 0 Å². The third-order valence-corrected chi connectivity index (χ3v) is 3.64. The number of rotatable bonds is 3. The van der Waals surface area contributed by atoms with Crippen molar-refractivity contribution in [1.29, 1.82) is 0 Å². The molecule has 106 valence electrons. The molecule has 4 nitrogen and oxygen atoms in total. The van der Waals surface area contributed by atoms with Crippen LogP contribution in [0.2, 0.25) is 0 Å². The van der Waals surface area contributed by atoms with E-state index in [0.717, 1.165) is 16.8 Å². The maximum absolute atomic E-state index is 12.3. The lowest BCUT2D eigenvalue weighted by Gasteiger charge is -2.14. The highest BCUT2D eigenvalue weighted by atomic mass is 16.2. The van der Waals surface area contributed by atoms with Crippen LogP contribution in [-0.4, -0.2) is 11.8 Å². The van der Waals surface area contributed by atoms with E-state index in [1.54, 1.807) is 18.2 Å². The first-order valence-corrected chi connectivity index (χ1v) is 6.92. The molecule has 0 saturated carbocycles. The van der Waals surface area contributed by atoms with Gasteiger partial charge in [-0.15, -0.1) is 0 Å². The summed E-state index contributed by atoms with van der Waals surface area (Å²) in [5, 5.41) is 5.73. The van der Waals surface area contributed by atoms with E-state index in [0.29, 0.717) is 12.0 Å². The fourth-order valence-electron chi connectivity index (χ4n) is 2.48. The third-order valence-electron chi connectivity index (χ3n) is 3.64. The van der Waals surface area contributed by atoms with Gasteiger partial charge >= 0.3 is 0 Å². The van der Waals surface area contributed by atoms with Crippen LogP contribution in [0.3, 0.4) is 0 Å². The molecule has 1 aliphatic heterocycles. The van der Waals surface area contributed by atoms with E-state index in [1.807, 2.05) is 37.3 Å². The molecular weight excluding hydrogens is 264 g/mol. The molecule has 2 aromatic carbocycles. The standard InChI is InChI=1S/C17H16N2O2/c1-11(12-5-3-2-4-6-12)18-17(21)13-7-8-15-14(9-13)10-16(20)19-15/h2-9,11H,10H2,1H3,(H,18,21)(H,19,20). The Hall–Kier alpha value is -2.62. The Morgan fingerprint density at radius 2 is 1.95 bits per heavy atom. The molecule has 1 heterocycles. The van der Waals surface area contributed by atoms with Gasteiger partial charge in [-0.1, -0.05) is 30.3 Å². The van der Waals surface area contributed by atoms with Crippen LogP contribution in [0.4, 0.5) is 5.69 Å². The lowest BCUT2D eigenvalue weighted by Crippen LogP contribution is -2.26. The van der Waals surface area contributed by atoms with Crippen molar-refractivity contribution < 1.29 is 9.59 Å². The smallest absolute Gasteiger partial charge is 0.251 e. The van der Waals surface area contributed by atoms with Crippen LogP contribution < -0.4 is 10.6 Å². The summed E-state index contributed by atoms with van der Waals surface area (Å²) in [7, 11) is 0. The second-order valence-electron chi connectivity index (χ2n) is 5.20. The van der Waals surface area contributed by atoms with Gasteiger partial charge in [-0.2, -0.15) is 0 Å². The molecule has 3 rings (SSSR count). The van der Waals surface area contributed by atoms with Gasteiger partial charge in [-0.3, -0.25) is 9.59 Å². The molecule has 1 atom stereocenters. The van der Waals surface area contributed by atoms with E-state index in [9.17, 15) is 9.59 Å². The van der Waals surface area contributed by atoms with Gasteiger partial charge < -0.3 is 10.6 Å².